The maximum Gasteiger partial charge on any atom is 0.0448 e. The Morgan fingerprint density at radius 2 is 1.62 bits per heavy atom. The summed E-state index contributed by atoms with van der Waals surface area (Å²) in [5, 5.41) is 0. The van der Waals surface area contributed by atoms with Crippen molar-refractivity contribution in [2.45, 2.75) is 25.0 Å². The molecule has 2 aromatic heterocycles. The quantitative estimate of drug-likeness (QED) is 0.801. The molecular weight excluding hydrogens is 260 g/mol. The third kappa shape index (κ3) is 2.06. The molecule has 2 aliphatic heterocycles. The van der Waals surface area contributed by atoms with E-state index in [0.717, 1.165) is 19.6 Å². The number of nitrogens with zero attached hydrogens (tertiary/aromatic N) is 4. The molecule has 2 atom stereocenters. The number of fused-ring (bicyclic) bond motifs is 2. The number of hydrogen-bond donors (Lipinski definition) is 0. The van der Waals surface area contributed by atoms with Crippen LogP contribution in [0.3, 0.4) is 0 Å². The monoisotopic (exact) mass is 280 g/mol. The van der Waals surface area contributed by atoms with Crippen LogP contribution in [0.5, 0.6) is 0 Å². The van der Waals surface area contributed by atoms with Crippen LogP contribution < -0.4 is 0 Å². The van der Waals surface area contributed by atoms with Crippen LogP contribution in [0.2, 0.25) is 0 Å². The summed E-state index contributed by atoms with van der Waals surface area (Å²) < 4.78 is 0. The Kier molecular flexibility index (Phi) is 3.01. The summed E-state index contributed by atoms with van der Waals surface area (Å²) in [5.74, 6) is 0.461. The van der Waals surface area contributed by atoms with Crippen molar-refractivity contribution in [3.63, 3.8) is 0 Å². The molecular formula is C17H20N4. The summed E-state index contributed by atoms with van der Waals surface area (Å²) in [4.78, 5) is 13.6. The third-order valence-corrected chi connectivity index (χ3v) is 4.83. The Labute approximate surface area is 125 Å². The minimum Gasteiger partial charge on any atom is -0.301 e. The van der Waals surface area contributed by atoms with E-state index >= 15 is 0 Å². The highest BCUT2D eigenvalue weighted by Gasteiger charge is 2.38. The summed E-state index contributed by atoms with van der Waals surface area (Å²) in [6.07, 6.45) is 7.92. The second kappa shape index (κ2) is 4.90. The van der Waals surface area contributed by atoms with Gasteiger partial charge < -0.3 is 4.90 Å². The van der Waals surface area contributed by atoms with Crippen molar-refractivity contribution >= 4 is 0 Å². The van der Waals surface area contributed by atoms with Crippen LogP contribution in [-0.2, 0) is 13.1 Å². The molecule has 0 spiro atoms. The van der Waals surface area contributed by atoms with Crippen molar-refractivity contribution in [3.05, 3.63) is 59.2 Å². The van der Waals surface area contributed by atoms with Crippen molar-refractivity contribution in [1.29, 1.82) is 0 Å². The third-order valence-electron chi connectivity index (χ3n) is 4.83. The van der Waals surface area contributed by atoms with Crippen molar-refractivity contribution < 1.29 is 0 Å². The topological polar surface area (TPSA) is 32.3 Å². The maximum atomic E-state index is 4.37. The van der Waals surface area contributed by atoms with E-state index in [4.69, 9.17) is 0 Å². The van der Waals surface area contributed by atoms with Crippen LogP contribution in [0.15, 0.2) is 36.9 Å². The van der Waals surface area contributed by atoms with Crippen LogP contribution in [-0.4, -0.2) is 40.4 Å². The predicted octanol–water partition coefficient (Wildman–Crippen LogP) is 2.19. The fourth-order valence-corrected chi connectivity index (χ4v) is 3.95. The van der Waals surface area contributed by atoms with Gasteiger partial charge in [-0.3, -0.25) is 14.9 Å². The molecule has 0 bridgehead atoms. The number of rotatable bonds is 1. The van der Waals surface area contributed by atoms with Gasteiger partial charge >= 0.3 is 0 Å². The maximum absolute atomic E-state index is 4.37. The second-order valence-electron chi connectivity index (χ2n) is 6.31. The van der Waals surface area contributed by atoms with Crippen LogP contribution in [0, 0.1) is 0 Å². The Morgan fingerprint density at radius 3 is 2.38 bits per heavy atom. The van der Waals surface area contributed by atoms with Gasteiger partial charge in [0.25, 0.3) is 0 Å². The molecule has 0 saturated carbocycles. The zero-order valence-corrected chi connectivity index (χ0v) is 12.5. The second-order valence-corrected chi connectivity index (χ2v) is 6.31. The first kappa shape index (κ1) is 12.9. The molecule has 0 saturated heterocycles. The molecule has 4 nitrogen and oxygen atoms in total. The molecule has 2 aromatic rings. The van der Waals surface area contributed by atoms with Gasteiger partial charge in [0.2, 0.25) is 0 Å². The first-order chi connectivity index (χ1) is 10.2. The number of likely N-dealkylation sites (N-methyl/N-ethyl adjacent to an activating group) is 2. The lowest BCUT2D eigenvalue weighted by molar-refractivity contribution is 0.179. The normalized spacial score (nSPS) is 25.6. The SMILES string of the molecule is CN1Cc2ccncc2C(C2c3cnccc3CN2C)C1. The zero-order valence-electron chi connectivity index (χ0n) is 12.5. The van der Waals surface area contributed by atoms with Gasteiger partial charge in [-0.05, 0) is 48.5 Å². The Bertz CT molecular complexity index is 669. The van der Waals surface area contributed by atoms with Crippen molar-refractivity contribution in [2.24, 2.45) is 0 Å². The van der Waals surface area contributed by atoms with E-state index in [1.54, 1.807) is 0 Å². The van der Waals surface area contributed by atoms with Crippen LogP contribution in [0.4, 0.5) is 0 Å². The zero-order chi connectivity index (χ0) is 14.4. The fourth-order valence-electron chi connectivity index (χ4n) is 3.95. The summed E-state index contributed by atoms with van der Waals surface area (Å²) in [5.41, 5.74) is 5.62. The molecule has 0 radical (unpaired) electrons. The highest BCUT2D eigenvalue weighted by Crippen LogP contribution is 2.44. The Hall–Kier alpha value is -1.78. The van der Waals surface area contributed by atoms with Gasteiger partial charge in [0, 0.05) is 56.4 Å². The van der Waals surface area contributed by atoms with Crippen LogP contribution >= 0.6 is 0 Å². The standard InChI is InChI=1S/C17H20N4/c1-20-9-12-3-5-18-7-14(12)16(11-20)17-15-8-19-6-4-13(15)10-21(17)2/h3-8,16-17H,9-11H2,1-2H3. The smallest absolute Gasteiger partial charge is 0.0448 e. The minimum atomic E-state index is 0.402. The minimum absolute atomic E-state index is 0.402. The van der Waals surface area contributed by atoms with E-state index < -0.39 is 0 Å². The average Bonchev–Trinajstić information content (AvgIpc) is 2.82. The van der Waals surface area contributed by atoms with Gasteiger partial charge in [-0.1, -0.05) is 0 Å². The first-order valence-electron chi connectivity index (χ1n) is 7.48. The molecule has 108 valence electrons. The number of aromatic nitrogens is 2. The van der Waals surface area contributed by atoms with Gasteiger partial charge in [0.05, 0.1) is 0 Å². The lowest BCUT2D eigenvalue weighted by atomic mass is 9.83. The van der Waals surface area contributed by atoms with E-state index in [2.05, 4.69) is 52.2 Å². The highest BCUT2D eigenvalue weighted by atomic mass is 15.2. The van der Waals surface area contributed by atoms with Gasteiger partial charge in [-0.15, -0.1) is 0 Å². The predicted molar refractivity (Wildman–Crippen MR) is 81.8 cm³/mol. The van der Waals surface area contributed by atoms with Gasteiger partial charge in [-0.2, -0.15) is 0 Å². The van der Waals surface area contributed by atoms with Gasteiger partial charge in [0.15, 0.2) is 0 Å². The lowest BCUT2D eigenvalue weighted by Gasteiger charge is -2.38. The average molecular weight is 280 g/mol. The van der Waals surface area contributed by atoms with Crippen LogP contribution in [0.25, 0.3) is 0 Å². The van der Waals surface area contributed by atoms with Crippen molar-refractivity contribution in [1.82, 2.24) is 19.8 Å². The summed E-state index contributed by atoms with van der Waals surface area (Å²) in [6.45, 7) is 3.10. The van der Waals surface area contributed by atoms with Gasteiger partial charge in [0.1, 0.15) is 0 Å². The molecule has 2 aliphatic rings. The lowest BCUT2D eigenvalue weighted by Crippen LogP contribution is -2.36. The van der Waals surface area contributed by atoms with Gasteiger partial charge in [-0.25, -0.2) is 0 Å². The van der Waals surface area contributed by atoms with E-state index in [9.17, 15) is 0 Å². The van der Waals surface area contributed by atoms with E-state index in [-0.39, 0.29) is 0 Å². The van der Waals surface area contributed by atoms with Crippen LogP contribution in [0.1, 0.15) is 34.2 Å². The Balaban J connectivity index is 1.80. The molecule has 4 heteroatoms. The van der Waals surface area contributed by atoms with E-state index in [0.29, 0.717) is 12.0 Å². The van der Waals surface area contributed by atoms with E-state index in [1.165, 1.54) is 22.3 Å². The van der Waals surface area contributed by atoms with Crippen molar-refractivity contribution in [3.8, 4) is 0 Å². The Morgan fingerprint density at radius 1 is 0.952 bits per heavy atom. The first-order valence-corrected chi connectivity index (χ1v) is 7.48. The highest BCUT2D eigenvalue weighted by molar-refractivity contribution is 5.38. The molecule has 4 heterocycles. The molecule has 0 N–H and O–H groups in total. The summed E-state index contributed by atoms with van der Waals surface area (Å²) >= 11 is 0. The summed E-state index contributed by atoms with van der Waals surface area (Å²) in [6, 6.07) is 4.72. The molecule has 0 aliphatic carbocycles. The molecule has 0 aromatic carbocycles. The largest absolute Gasteiger partial charge is 0.301 e. The van der Waals surface area contributed by atoms with E-state index in [1.807, 2.05) is 18.6 Å². The van der Waals surface area contributed by atoms with Crippen molar-refractivity contribution in [2.75, 3.05) is 20.6 Å². The fraction of sp³-hybridized carbons (Fsp3) is 0.412. The molecule has 21 heavy (non-hydrogen) atoms. The number of pyridine rings is 2. The summed E-state index contributed by atoms with van der Waals surface area (Å²) in [7, 11) is 4.42. The molecule has 2 unspecified atom stereocenters. The number of hydrogen-bond acceptors (Lipinski definition) is 4. The molecule has 0 fully saturated rings. The molecule has 4 rings (SSSR count). The molecule has 0 amide bonds.